The number of Topliss-reactive ketones (excluding diaryl/α,β-unsaturated/α-hetero) is 1. The van der Waals surface area contributed by atoms with Gasteiger partial charge < -0.3 is 18.9 Å². The first-order chi connectivity index (χ1) is 10.5. The zero-order valence-corrected chi connectivity index (χ0v) is 13.6. The van der Waals surface area contributed by atoms with Gasteiger partial charge >= 0.3 is 5.97 Å². The summed E-state index contributed by atoms with van der Waals surface area (Å²) >= 11 is 0. The summed E-state index contributed by atoms with van der Waals surface area (Å²) in [6.45, 7) is 3.75. The molecule has 0 heterocycles. The summed E-state index contributed by atoms with van der Waals surface area (Å²) in [4.78, 5) is 24.1. The van der Waals surface area contributed by atoms with Crippen LogP contribution >= 0.6 is 0 Å². The van der Waals surface area contributed by atoms with Gasteiger partial charge in [-0.2, -0.15) is 0 Å². The molecule has 0 amide bonds. The minimum Gasteiger partial charge on any atom is -0.493 e. The number of ketones is 1. The number of methoxy groups -OCH3 is 3. The molecule has 0 fully saturated rings. The Morgan fingerprint density at radius 3 is 2.09 bits per heavy atom. The molecule has 1 aromatic carbocycles. The number of carbonyl (C=O) groups excluding carboxylic acids is 2. The van der Waals surface area contributed by atoms with Crippen LogP contribution in [-0.4, -0.2) is 39.7 Å². The van der Waals surface area contributed by atoms with Gasteiger partial charge in [-0.3, -0.25) is 9.59 Å². The van der Waals surface area contributed by atoms with Crippen LogP contribution in [-0.2, 0) is 16.0 Å². The van der Waals surface area contributed by atoms with Gasteiger partial charge in [0, 0.05) is 6.42 Å². The van der Waals surface area contributed by atoms with Crippen LogP contribution in [0.3, 0.4) is 0 Å². The quantitative estimate of drug-likeness (QED) is 0.542. The maximum Gasteiger partial charge on any atom is 0.310 e. The van der Waals surface area contributed by atoms with Crippen LogP contribution in [0.15, 0.2) is 6.07 Å². The van der Waals surface area contributed by atoms with Crippen LogP contribution in [0.2, 0.25) is 0 Å². The van der Waals surface area contributed by atoms with Crippen molar-refractivity contribution in [3.05, 3.63) is 17.2 Å². The van der Waals surface area contributed by atoms with Crippen LogP contribution in [0.1, 0.15) is 36.2 Å². The maximum absolute atomic E-state index is 12.3. The third kappa shape index (κ3) is 3.69. The topological polar surface area (TPSA) is 71.1 Å². The van der Waals surface area contributed by atoms with E-state index in [9.17, 15) is 9.59 Å². The average Bonchev–Trinajstić information content (AvgIpc) is 2.52. The van der Waals surface area contributed by atoms with Crippen LogP contribution < -0.4 is 14.2 Å². The molecule has 6 nitrogen and oxygen atoms in total. The van der Waals surface area contributed by atoms with Crippen molar-refractivity contribution < 1.29 is 28.5 Å². The van der Waals surface area contributed by atoms with Crippen molar-refractivity contribution in [2.45, 2.75) is 26.7 Å². The lowest BCUT2D eigenvalue weighted by molar-refractivity contribution is -0.142. The van der Waals surface area contributed by atoms with Gasteiger partial charge in [-0.1, -0.05) is 6.92 Å². The Bertz CT molecular complexity index is 550. The second kappa shape index (κ2) is 8.26. The molecular weight excluding hydrogens is 288 g/mol. The second-order valence-corrected chi connectivity index (χ2v) is 4.44. The van der Waals surface area contributed by atoms with Crippen molar-refractivity contribution in [1.29, 1.82) is 0 Å². The minimum atomic E-state index is -0.415. The van der Waals surface area contributed by atoms with E-state index in [1.165, 1.54) is 21.3 Å². The van der Waals surface area contributed by atoms with E-state index in [4.69, 9.17) is 18.9 Å². The number of carbonyl (C=O) groups is 2. The molecule has 0 aliphatic heterocycles. The monoisotopic (exact) mass is 310 g/mol. The largest absolute Gasteiger partial charge is 0.493 e. The number of rotatable bonds is 8. The van der Waals surface area contributed by atoms with E-state index in [0.29, 0.717) is 22.6 Å². The molecular formula is C16H22O6. The standard InChI is InChI=1S/C16H22O6/c1-6-11(17)14-10(9-13(18)22-7-2)8-12(19-3)15(20-4)16(14)21-5/h8H,6-7,9H2,1-5H3. The molecule has 0 saturated carbocycles. The average molecular weight is 310 g/mol. The number of hydrogen-bond donors (Lipinski definition) is 0. The maximum atomic E-state index is 12.3. The number of ether oxygens (including phenoxy) is 4. The summed E-state index contributed by atoms with van der Waals surface area (Å²) < 4.78 is 20.8. The first kappa shape index (κ1) is 17.8. The second-order valence-electron chi connectivity index (χ2n) is 4.44. The molecule has 0 bridgehead atoms. The number of hydrogen-bond acceptors (Lipinski definition) is 6. The molecule has 1 aromatic rings. The van der Waals surface area contributed by atoms with E-state index in [1.807, 2.05) is 0 Å². The van der Waals surface area contributed by atoms with Crippen molar-refractivity contribution >= 4 is 11.8 Å². The lowest BCUT2D eigenvalue weighted by atomic mass is 9.97. The summed E-state index contributed by atoms with van der Waals surface area (Å²) in [5.74, 6) is 0.438. The van der Waals surface area contributed by atoms with Crippen LogP contribution in [0.4, 0.5) is 0 Å². The van der Waals surface area contributed by atoms with Crippen molar-refractivity contribution in [2.75, 3.05) is 27.9 Å². The summed E-state index contributed by atoms with van der Waals surface area (Å²) in [7, 11) is 4.39. The fraction of sp³-hybridized carbons (Fsp3) is 0.500. The van der Waals surface area contributed by atoms with Gasteiger partial charge in [0.1, 0.15) is 0 Å². The molecule has 0 aromatic heterocycles. The fourth-order valence-corrected chi connectivity index (χ4v) is 2.20. The third-order valence-electron chi connectivity index (χ3n) is 3.15. The van der Waals surface area contributed by atoms with Gasteiger partial charge in [0.15, 0.2) is 17.3 Å². The van der Waals surface area contributed by atoms with E-state index in [0.717, 1.165) is 0 Å². The number of benzene rings is 1. The highest BCUT2D eigenvalue weighted by molar-refractivity contribution is 6.02. The van der Waals surface area contributed by atoms with Crippen molar-refractivity contribution in [3.63, 3.8) is 0 Å². The van der Waals surface area contributed by atoms with Gasteiger partial charge in [-0.15, -0.1) is 0 Å². The lowest BCUT2D eigenvalue weighted by Crippen LogP contribution is -2.13. The zero-order valence-electron chi connectivity index (χ0n) is 13.6. The Balaban J connectivity index is 3.51. The predicted octanol–water partition coefficient (Wildman–Crippen LogP) is 2.41. The van der Waals surface area contributed by atoms with Gasteiger partial charge in [-0.05, 0) is 18.6 Å². The van der Waals surface area contributed by atoms with Gasteiger partial charge in [0.25, 0.3) is 0 Å². The molecule has 6 heteroatoms. The predicted molar refractivity (Wildman–Crippen MR) is 81.1 cm³/mol. The van der Waals surface area contributed by atoms with E-state index >= 15 is 0 Å². The Hall–Kier alpha value is -2.24. The first-order valence-corrected chi connectivity index (χ1v) is 7.04. The molecule has 0 radical (unpaired) electrons. The van der Waals surface area contributed by atoms with E-state index in [2.05, 4.69) is 0 Å². The fourth-order valence-electron chi connectivity index (χ4n) is 2.20. The highest BCUT2D eigenvalue weighted by Crippen LogP contribution is 2.42. The van der Waals surface area contributed by atoms with Gasteiger partial charge in [0.05, 0.1) is 39.9 Å². The Morgan fingerprint density at radius 1 is 1.00 bits per heavy atom. The molecule has 0 N–H and O–H groups in total. The van der Waals surface area contributed by atoms with Crippen molar-refractivity contribution in [3.8, 4) is 17.2 Å². The molecule has 122 valence electrons. The Labute approximate surface area is 130 Å². The summed E-state index contributed by atoms with van der Waals surface area (Å²) in [6.07, 6.45) is 0.243. The molecule has 0 saturated heterocycles. The molecule has 0 atom stereocenters. The smallest absolute Gasteiger partial charge is 0.310 e. The highest BCUT2D eigenvalue weighted by atomic mass is 16.5. The van der Waals surface area contributed by atoms with Gasteiger partial charge in [0.2, 0.25) is 5.75 Å². The molecule has 22 heavy (non-hydrogen) atoms. The lowest BCUT2D eigenvalue weighted by Gasteiger charge is -2.18. The Kier molecular flexibility index (Phi) is 6.69. The van der Waals surface area contributed by atoms with Crippen LogP contribution in [0, 0.1) is 0 Å². The van der Waals surface area contributed by atoms with E-state index in [1.54, 1.807) is 19.9 Å². The summed E-state index contributed by atoms with van der Waals surface area (Å²) in [6, 6.07) is 1.61. The Morgan fingerprint density at radius 2 is 1.64 bits per heavy atom. The number of esters is 1. The van der Waals surface area contributed by atoms with E-state index in [-0.39, 0.29) is 31.0 Å². The van der Waals surface area contributed by atoms with E-state index < -0.39 is 5.97 Å². The molecule has 0 aliphatic carbocycles. The third-order valence-corrected chi connectivity index (χ3v) is 3.15. The molecule has 1 rings (SSSR count). The highest BCUT2D eigenvalue weighted by Gasteiger charge is 2.25. The summed E-state index contributed by atoms with van der Waals surface area (Å²) in [5, 5.41) is 0. The SMILES string of the molecule is CCOC(=O)Cc1cc(OC)c(OC)c(OC)c1C(=O)CC. The molecule has 0 aliphatic rings. The van der Waals surface area contributed by atoms with Crippen LogP contribution in [0.5, 0.6) is 17.2 Å². The van der Waals surface area contributed by atoms with Gasteiger partial charge in [-0.25, -0.2) is 0 Å². The molecule has 0 unspecified atom stereocenters. The van der Waals surface area contributed by atoms with Crippen LogP contribution in [0.25, 0.3) is 0 Å². The van der Waals surface area contributed by atoms with Crippen molar-refractivity contribution in [1.82, 2.24) is 0 Å². The van der Waals surface area contributed by atoms with Crippen molar-refractivity contribution in [2.24, 2.45) is 0 Å². The normalized spacial score (nSPS) is 10.0. The first-order valence-electron chi connectivity index (χ1n) is 7.04. The molecule has 0 spiro atoms. The summed E-state index contributed by atoms with van der Waals surface area (Å²) in [5.41, 5.74) is 0.829. The minimum absolute atomic E-state index is 0.0361. The zero-order chi connectivity index (χ0) is 16.7.